The number of benzene rings is 1. The van der Waals surface area contributed by atoms with E-state index in [9.17, 15) is 0 Å². The number of ether oxygens (including phenoxy) is 2. The van der Waals surface area contributed by atoms with E-state index in [0.29, 0.717) is 6.04 Å². The summed E-state index contributed by atoms with van der Waals surface area (Å²) in [7, 11) is 4.13. The van der Waals surface area contributed by atoms with E-state index in [2.05, 4.69) is 41.8 Å². The van der Waals surface area contributed by atoms with E-state index in [1.54, 1.807) is 0 Å². The van der Waals surface area contributed by atoms with E-state index in [1.165, 1.54) is 16.8 Å². The zero-order valence-corrected chi connectivity index (χ0v) is 13.7. The van der Waals surface area contributed by atoms with Crippen molar-refractivity contribution in [1.82, 2.24) is 10.2 Å². The fourth-order valence-corrected chi connectivity index (χ4v) is 3.00. The fraction of sp³-hybridized carbons (Fsp3) is 0.647. The highest BCUT2D eigenvalue weighted by atomic mass is 16.5. The highest BCUT2D eigenvalue weighted by Crippen LogP contribution is 2.30. The SMILES string of the molecule is CN(C)CCOc1cc2c(c(NC3CCOC3)c1)CNCC2. The summed E-state index contributed by atoms with van der Waals surface area (Å²) in [5.74, 6) is 0.976. The molecule has 2 aliphatic rings. The quantitative estimate of drug-likeness (QED) is 0.833. The summed E-state index contributed by atoms with van der Waals surface area (Å²) in [5.41, 5.74) is 4.00. The Morgan fingerprint density at radius 2 is 2.32 bits per heavy atom. The third-order valence-electron chi connectivity index (χ3n) is 4.29. The standard InChI is InChI=1S/C17H27N3O2/c1-20(2)6-8-22-15-9-13-3-5-18-11-16(13)17(10-15)19-14-4-7-21-12-14/h9-10,14,18-19H,3-8,11-12H2,1-2H3. The minimum Gasteiger partial charge on any atom is -0.492 e. The van der Waals surface area contributed by atoms with Crippen molar-refractivity contribution in [3.05, 3.63) is 23.3 Å². The van der Waals surface area contributed by atoms with Crippen LogP contribution in [0.25, 0.3) is 0 Å². The van der Waals surface area contributed by atoms with Gasteiger partial charge in [-0.05, 0) is 50.7 Å². The Balaban J connectivity index is 1.75. The van der Waals surface area contributed by atoms with Gasteiger partial charge in [0.2, 0.25) is 0 Å². The Bertz CT molecular complexity index is 499. The van der Waals surface area contributed by atoms with Crippen LogP contribution in [0.5, 0.6) is 5.75 Å². The highest BCUT2D eigenvalue weighted by Gasteiger charge is 2.20. The predicted molar refractivity (Wildman–Crippen MR) is 88.7 cm³/mol. The van der Waals surface area contributed by atoms with Crippen LogP contribution in [0.2, 0.25) is 0 Å². The second-order valence-corrected chi connectivity index (χ2v) is 6.39. The molecule has 122 valence electrons. The van der Waals surface area contributed by atoms with Gasteiger partial charge in [-0.3, -0.25) is 0 Å². The maximum atomic E-state index is 5.95. The molecular formula is C17H27N3O2. The Morgan fingerprint density at radius 1 is 1.41 bits per heavy atom. The lowest BCUT2D eigenvalue weighted by Crippen LogP contribution is -2.27. The lowest BCUT2D eigenvalue weighted by atomic mass is 9.98. The van der Waals surface area contributed by atoms with Gasteiger partial charge in [0.05, 0.1) is 12.6 Å². The lowest BCUT2D eigenvalue weighted by molar-refractivity contribution is 0.195. The molecule has 0 aromatic heterocycles. The second kappa shape index (κ2) is 7.31. The zero-order valence-electron chi connectivity index (χ0n) is 13.7. The van der Waals surface area contributed by atoms with Crippen molar-refractivity contribution in [2.45, 2.75) is 25.4 Å². The number of nitrogens with zero attached hydrogens (tertiary/aromatic N) is 1. The van der Waals surface area contributed by atoms with Crippen molar-refractivity contribution >= 4 is 5.69 Å². The number of likely N-dealkylation sites (N-methyl/N-ethyl adjacent to an activating group) is 1. The molecule has 0 saturated carbocycles. The van der Waals surface area contributed by atoms with Gasteiger partial charge in [0.15, 0.2) is 0 Å². The highest BCUT2D eigenvalue weighted by molar-refractivity contribution is 5.60. The largest absolute Gasteiger partial charge is 0.492 e. The first kappa shape index (κ1) is 15.6. The van der Waals surface area contributed by atoms with Crippen molar-refractivity contribution in [2.75, 3.05) is 52.3 Å². The molecule has 1 aromatic carbocycles. The molecule has 5 heteroatoms. The van der Waals surface area contributed by atoms with E-state index in [1.807, 2.05) is 0 Å². The van der Waals surface area contributed by atoms with Crippen LogP contribution < -0.4 is 15.4 Å². The van der Waals surface area contributed by atoms with Gasteiger partial charge in [-0.2, -0.15) is 0 Å². The van der Waals surface area contributed by atoms with Crippen molar-refractivity contribution in [1.29, 1.82) is 0 Å². The van der Waals surface area contributed by atoms with Crippen molar-refractivity contribution in [2.24, 2.45) is 0 Å². The van der Waals surface area contributed by atoms with E-state index < -0.39 is 0 Å². The van der Waals surface area contributed by atoms with Crippen LogP contribution >= 0.6 is 0 Å². The average Bonchev–Trinajstić information content (AvgIpc) is 3.00. The third kappa shape index (κ3) is 3.91. The molecule has 0 spiro atoms. The molecule has 0 bridgehead atoms. The lowest BCUT2D eigenvalue weighted by Gasteiger charge is -2.24. The summed E-state index contributed by atoms with van der Waals surface area (Å²) in [6.45, 7) is 5.28. The fourth-order valence-electron chi connectivity index (χ4n) is 3.00. The van der Waals surface area contributed by atoms with Gasteiger partial charge in [-0.1, -0.05) is 0 Å². The molecule has 3 rings (SSSR count). The van der Waals surface area contributed by atoms with Crippen LogP contribution in [-0.4, -0.2) is 57.9 Å². The molecule has 0 aliphatic carbocycles. The first-order valence-corrected chi connectivity index (χ1v) is 8.20. The van der Waals surface area contributed by atoms with Crippen molar-refractivity contribution in [3.63, 3.8) is 0 Å². The van der Waals surface area contributed by atoms with Crippen molar-refractivity contribution < 1.29 is 9.47 Å². The van der Waals surface area contributed by atoms with Crippen LogP contribution in [-0.2, 0) is 17.7 Å². The molecule has 1 saturated heterocycles. The molecule has 1 fully saturated rings. The number of hydrogen-bond acceptors (Lipinski definition) is 5. The number of rotatable bonds is 6. The molecule has 2 heterocycles. The van der Waals surface area contributed by atoms with Gasteiger partial charge < -0.3 is 25.0 Å². The van der Waals surface area contributed by atoms with Gasteiger partial charge in [0.25, 0.3) is 0 Å². The maximum absolute atomic E-state index is 5.95. The number of fused-ring (bicyclic) bond motifs is 1. The van der Waals surface area contributed by atoms with Crippen LogP contribution in [0.3, 0.4) is 0 Å². The first-order chi connectivity index (χ1) is 10.7. The summed E-state index contributed by atoms with van der Waals surface area (Å²) in [5, 5.41) is 7.12. The molecule has 1 unspecified atom stereocenters. The van der Waals surface area contributed by atoms with E-state index in [0.717, 1.165) is 58.0 Å². The monoisotopic (exact) mass is 305 g/mol. The maximum Gasteiger partial charge on any atom is 0.121 e. The van der Waals surface area contributed by atoms with Crippen LogP contribution in [0.4, 0.5) is 5.69 Å². The first-order valence-electron chi connectivity index (χ1n) is 8.20. The second-order valence-electron chi connectivity index (χ2n) is 6.39. The molecule has 2 aliphatic heterocycles. The van der Waals surface area contributed by atoms with E-state index >= 15 is 0 Å². The summed E-state index contributed by atoms with van der Waals surface area (Å²) in [4.78, 5) is 2.14. The topological polar surface area (TPSA) is 45.8 Å². The van der Waals surface area contributed by atoms with Crippen LogP contribution in [0.15, 0.2) is 12.1 Å². The van der Waals surface area contributed by atoms with Gasteiger partial charge in [-0.15, -0.1) is 0 Å². The average molecular weight is 305 g/mol. The Kier molecular flexibility index (Phi) is 5.18. The molecular weight excluding hydrogens is 278 g/mol. The smallest absolute Gasteiger partial charge is 0.121 e. The minimum absolute atomic E-state index is 0.419. The van der Waals surface area contributed by atoms with Gasteiger partial charge >= 0.3 is 0 Å². The van der Waals surface area contributed by atoms with E-state index in [4.69, 9.17) is 9.47 Å². The zero-order chi connectivity index (χ0) is 15.4. The summed E-state index contributed by atoms with van der Waals surface area (Å²) >= 11 is 0. The normalized spacial score (nSPS) is 21.0. The molecule has 1 aromatic rings. The molecule has 0 amide bonds. The number of anilines is 1. The molecule has 5 nitrogen and oxygen atoms in total. The van der Waals surface area contributed by atoms with Gasteiger partial charge in [0.1, 0.15) is 12.4 Å². The number of nitrogens with one attached hydrogen (secondary N) is 2. The van der Waals surface area contributed by atoms with Gasteiger partial charge in [-0.25, -0.2) is 0 Å². The Labute approximate surface area is 133 Å². The summed E-state index contributed by atoms with van der Waals surface area (Å²) in [6, 6.07) is 4.78. The molecule has 22 heavy (non-hydrogen) atoms. The van der Waals surface area contributed by atoms with Crippen molar-refractivity contribution in [3.8, 4) is 5.75 Å². The summed E-state index contributed by atoms with van der Waals surface area (Å²) < 4.78 is 11.4. The molecule has 1 atom stereocenters. The van der Waals surface area contributed by atoms with Gasteiger partial charge in [0, 0.05) is 31.5 Å². The Hall–Kier alpha value is -1.30. The van der Waals surface area contributed by atoms with Crippen LogP contribution in [0.1, 0.15) is 17.5 Å². The molecule has 0 radical (unpaired) electrons. The Morgan fingerprint density at radius 3 is 3.09 bits per heavy atom. The summed E-state index contributed by atoms with van der Waals surface area (Å²) in [6.07, 6.45) is 2.14. The predicted octanol–water partition coefficient (Wildman–Crippen LogP) is 1.47. The van der Waals surface area contributed by atoms with Crippen LogP contribution in [0, 0.1) is 0 Å². The minimum atomic E-state index is 0.419. The third-order valence-corrected chi connectivity index (χ3v) is 4.29. The number of hydrogen-bond donors (Lipinski definition) is 2. The van der Waals surface area contributed by atoms with E-state index in [-0.39, 0.29) is 0 Å². The molecule has 2 N–H and O–H groups in total.